The molecule has 0 aliphatic heterocycles. The van der Waals surface area contributed by atoms with E-state index in [9.17, 15) is 0 Å². The Labute approximate surface area is 85.6 Å². The van der Waals surface area contributed by atoms with Crippen LogP contribution in [-0.4, -0.2) is 0 Å². The third-order valence-electron chi connectivity index (χ3n) is 2.95. The second-order valence-corrected chi connectivity index (χ2v) is 4.25. The van der Waals surface area contributed by atoms with E-state index in [1.807, 2.05) is 0 Å². The number of rotatable bonds is 1. The van der Waals surface area contributed by atoms with Crippen molar-refractivity contribution in [3.05, 3.63) is 40.5 Å². The number of benzene rings is 1. The summed E-state index contributed by atoms with van der Waals surface area (Å²) >= 11 is 0. The molecule has 1 aliphatic rings. The molecule has 0 fully saturated rings. The summed E-state index contributed by atoms with van der Waals surface area (Å²) in [4.78, 5) is 0. The fourth-order valence-corrected chi connectivity index (χ4v) is 2.03. The monoisotopic (exact) mass is 187 g/mol. The summed E-state index contributed by atoms with van der Waals surface area (Å²) in [5.41, 5.74) is 12.3. The second-order valence-electron chi connectivity index (χ2n) is 4.25. The molecule has 1 nitrogen and oxygen atoms in total. The molecular formula is C13H17N. The van der Waals surface area contributed by atoms with Gasteiger partial charge in [0.15, 0.2) is 0 Å². The van der Waals surface area contributed by atoms with Crippen LogP contribution in [0.2, 0.25) is 0 Å². The van der Waals surface area contributed by atoms with Crippen LogP contribution in [0.4, 0.5) is 0 Å². The van der Waals surface area contributed by atoms with Crippen LogP contribution >= 0.6 is 0 Å². The first kappa shape index (κ1) is 9.32. The summed E-state index contributed by atoms with van der Waals surface area (Å²) in [6.45, 7) is 4.12. The van der Waals surface area contributed by atoms with Crippen LogP contribution in [0, 0.1) is 0 Å². The van der Waals surface area contributed by atoms with Crippen LogP contribution in [0.15, 0.2) is 23.8 Å². The summed E-state index contributed by atoms with van der Waals surface area (Å²) < 4.78 is 0. The molecule has 2 N–H and O–H groups in total. The van der Waals surface area contributed by atoms with Crippen molar-refractivity contribution in [1.82, 2.24) is 0 Å². The van der Waals surface area contributed by atoms with E-state index in [-0.39, 0.29) is 0 Å². The van der Waals surface area contributed by atoms with Crippen LogP contribution in [0.25, 0.3) is 5.70 Å². The van der Waals surface area contributed by atoms with Crippen LogP contribution in [0.5, 0.6) is 0 Å². The van der Waals surface area contributed by atoms with Crippen molar-refractivity contribution >= 4 is 5.70 Å². The summed E-state index contributed by atoms with van der Waals surface area (Å²) in [7, 11) is 0. The molecule has 0 spiro atoms. The van der Waals surface area contributed by atoms with Crippen molar-refractivity contribution in [1.29, 1.82) is 0 Å². The van der Waals surface area contributed by atoms with Crippen LogP contribution in [-0.2, 0) is 12.8 Å². The normalized spacial score (nSPS) is 13.9. The molecule has 0 unspecified atom stereocenters. The van der Waals surface area contributed by atoms with Gasteiger partial charge in [0.2, 0.25) is 0 Å². The predicted octanol–water partition coefficient (Wildman–Crippen LogP) is 2.88. The minimum Gasteiger partial charge on any atom is -0.398 e. The molecule has 0 saturated heterocycles. The van der Waals surface area contributed by atoms with Gasteiger partial charge in [0.05, 0.1) is 0 Å². The van der Waals surface area contributed by atoms with Crippen molar-refractivity contribution in [2.24, 2.45) is 5.73 Å². The van der Waals surface area contributed by atoms with Crippen molar-refractivity contribution in [3.63, 3.8) is 0 Å². The zero-order chi connectivity index (χ0) is 10.1. The van der Waals surface area contributed by atoms with Gasteiger partial charge >= 0.3 is 0 Å². The summed E-state index contributed by atoms with van der Waals surface area (Å²) in [5.74, 6) is 0. The Morgan fingerprint density at radius 3 is 2.57 bits per heavy atom. The van der Waals surface area contributed by atoms with Gasteiger partial charge in [0.1, 0.15) is 0 Å². The Bertz CT molecular complexity index is 384. The molecule has 0 atom stereocenters. The highest BCUT2D eigenvalue weighted by Gasteiger charge is 2.11. The Balaban J connectivity index is 2.43. The summed E-state index contributed by atoms with van der Waals surface area (Å²) in [5, 5.41) is 0. The standard InChI is InChI=1S/C13H17N/c1-9(2)13(14)12-7-6-10-4-3-5-11(10)8-12/h6-8H,3-5,14H2,1-2H3. The Morgan fingerprint density at radius 2 is 1.86 bits per heavy atom. The van der Waals surface area contributed by atoms with Gasteiger partial charge in [-0.3, -0.25) is 0 Å². The minimum absolute atomic E-state index is 0.930. The van der Waals surface area contributed by atoms with Crippen LogP contribution in [0.3, 0.4) is 0 Å². The largest absolute Gasteiger partial charge is 0.398 e. The topological polar surface area (TPSA) is 26.0 Å². The Hall–Kier alpha value is -1.24. The smallest absolute Gasteiger partial charge is 0.0373 e. The highest BCUT2D eigenvalue weighted by Crippen LogP contribution is 2.25. The fraction of sp³-hybridized carbons (Fsp3) is 0.385. The van der Waals surface area contributed by atoms with Gasteiger partial charge in [-0.1, -0.05) is 17.7 Å². The molecule has 0 heterocycles. The molecule has 1 aromatic rings. The third kappa shape index (κ3) is 1.54. The van der Waals surface area contributed by atoms with E-state index in [2.05, 4.69) is 32.0 Å². The van der Waals surface area contributed by atoms with Crippen LogP contribution in [0.1, 0.15) is 37.0 Å². The predicted molar refractivity (Wildman–Crippen MR) is 60.9 cm³/mol. The van der Waals surface area contributed by atoms with Gasteiger partial charge in [-0.25, -0.2) is 0 Å². The molecule has 1 heteroatoms. The number of allylic oxidation sites excluding steroid dienone is 1. The lowest BCUT2D eigenvalue weighted by Crippen LogP contribution is -1.99. The zero-order valence-electron chi connectivity index (χ0n) is 8.93. The van der Waals surface area contributed by atoms with E-state index in [1.165, 1.54) is 41.5 Å². The number of fused-ring (bicyclic) bond motifs is 1. The maximum Gasteiger partial charge on any atom is 0.0373 e. The average molecular weight is 187 g/mol. The zero-order valence-corrected chi connectivity index (χ0v) is 8.93. The molecule has 0 radical (unpaired) electrons. The molecule has 2 rings (SSSR count). The molecule has 74 valence electrons. The third-order valence-corrected chi connectivity index (χ3v) is 2.95. The number of hydrogen-bond acceptors (Lipinski definition) is 1. The molecule has 1 aliphatic carbocycles. The SMILES string of the molecule is CC(C)=C(N)c1ccc2c(c1)CCC2. The second kappa shape index (κ2) is 3.49. The van der Waals surface area contributed by atoms with Gasteiger partial charge in [0, 0.05) is 5.70 Å². The lowest BCUT2D eigenvalue weighted by atomic mass is 10.0. The highest BCUT2D eigenvalue weighted by atomic mass is 14.6. The van der Waals surface area contributed by atoms with E-state index in [1.54, 1.807) is 0 Å². The molecule has 1 aromatic carbocycles. The van der Waals surface area contributed by atoms with E-state index in [0.717, 1.165) is 5.70 Å². The molecule has 0 aromatic heterocycles. The van der Waals surface area contributed by atoms with Gasteiger partial charge in [-0.2, -0.15) is 0 Å². The van der Waals surface area contributed by atoms with Gasteiger partial charge in [-0.15, -0.1) is 0 Å². The van der Waals surface area contributed by atoms with Crippen molar-refractivity contribution in [2.75, 3.05) is 0 Å². The lowest BCUT2D eigenvalue weighted by molar-refractivity contribution is 0.911. The minimum atomic E-state index is 0.930. The first-order chi connectivity index (χ1) is 6.68. The number of nitrogens with two attached hydrogens (primary N) is 1. The van der Waals surface area contributed by atoms with Crippen molar-refractivity contribution < 1.29 is 0 Å². The Kier molecular flexibility index (Phi) is 2.32. The number of hydrogen-bond donors (Lipinski definition) is 1. The average Bonchev–Trinajstić information content (AvgIpc) is 2.62. The molecule has 0 amide bonds. The number of aryl methyl sites for hydroxylation is 2. The lowest BCUT2D eigenvalue weighted by Gasteiger charge is -2.06. The first-order valence-corrected chi connectivity index (χ1v) is 5.23. The maximum absolute atomic E-state index is 6.01. The quantitative estimate of drug-likeness (QED) is 0.718. The molecule has 0 saturated carbocycles. The highest BCUT2D eigenvalue weighted by molar-refractivity contribution is 5.66. The summed E-state index contributed by atoms with van der Waals surface area (Å²) in [6.07, 6.45) is 3.76. The molecule has 0 bridgehead atoms. The van der Waals surface area contributed by atoms with Gasteiger partial charge in [0.25, 0.3) is 0 Å². The van der Waals surface area contributed by atoms with Crippen molar-refractivity contribution in [3.8, 4) is 0 Å². The molecular weight excluding hydrogens is 170 g/mol. The molecule has 14 heavy (non-hydrogen) atoms. The van der Waals surface area contributed by atoms with E-state index >= 15 is 0 Å². The van der Waals surface area contributed by atoms with E-state index < -0.39 is 0 Å². The maximum atomic E-state index is 6.01. The van der Waals surface area contributed by atoms with Crippen LogP contribution < -0.4 is 5.73 Å². The fourth-order valence-electron chi connectivity index (χ4n) is 2.03. The van der Waals surface area contributed by atoms with Gasteiger partial charge in [-0.05, 0) is 55.9 Å². The van der Waals surface area contributed by atoms with Gasteiger partial charge < -0.3 is 5.73 Å². The van der Waals surface area contributed by atoms with E-state index in [4.69, 9.17) is 5.73 Å². The van der Waals surface area contributed by atoms with E-state index in [0.29, 0.717) is 0 Å². The van der Waals surface area contributed by atoms with Crippen molar-refractivity contribution in [2.45, 2.75) is 33.1 Å². The Morgan fingerprint density at radius 1 is 1.14 bits per heavy atom. The summed E-state index contributed by atoms with van der Waals surface area (Å²) in [6, 6.07) is 6.63. The first-order valence-electron chi connectivity index (χ1n) is 5.23.